The van der Waals surface area contributed by atoms with Crippen LogP contribution in [0.15, 0.2) is 0 Å². The Hall–Kier alpha value is -4.97. The van der Waals surface area contributed by atoms with Gasteiger partial charge in [0.05, 0.1) is 12.5 Å². The first kappa shape index (κ1) is 65.0. The molecule has 1 saturated heterocycles. The van der Waals surface area contributed by atoms with Crippen LogP contribution in [-0.2, 0) is 43.2 Å². The fourth-order valence-corrected chi connectivity index (χ4v) is 8.13. The van der Waals surface area contributed by atoms with Gasteiger partial charge in [-0.05, 0) is 108 Å². The fraction of sp³-hybridized carbons (Fsp3) is 0.816. The second-order valence-electron chi connectivity index (χ2n) is 20.5. The lowest BCUT2D eigenvalue weighted by Gasteiger charge is -2.29. The lowest BCUT2D eigenvalue weighted by molar-refractivity contribution is -0.136. The number of aliphatic hydroxyl groups is 1. The van der Waals surface area contributed by atoms with Crippen LogP contribution in [0.3, 0.4) is 0 Å². The van der Waals surface area contributed by atoms with Crippen LogP contribution < -0.4 is 70.8 Å². The second kappa shape index (κ2) is 35.2. The van der Waals surface area contributed by atoms with E-state index < -0.39 is 108 Å². The molecule has 0 bridgehead atoms. The van der Waals surface area contributed by atoms with Crippen molar-refractivity contribution in [2.24, 2.45) is 46.6 Å². The van der Waals surface area contributed by atoms with Crippen LogP contribution in [0.25, 0.3) is 0 Å². The highest BCUT2D eigenvalue weighted by Gasteiger charge is 2.35. The summed E-state index contributed by atoms with van der Waals surface area (Å²) >= 11 is 0. The number of carbonyl (C=O) groups is 9. The van der Waals surface area contributed by atoms with E-state index in [9.17, 15) is 48.3 Å². The van der Waals surface area contributed by atoms with E-state index in [1.54, 1.807) is 0 Å². The number of amides is 9. The molecule has 414 valence electrons. The molecule has 1 aliphatic rings. The Kier molecular flexibility index (Phi) is 31.8. The van der Waals surface area contributed by atoms with Crippen molar-refractivity contribution < 1.29 is 48.3 Å². The average Bonchev–Trinajstić information content (AvgIpc) is 3.30. The van der Waals surface area contributed by atoms with Crippen LogP contribution in [0, 0.1) is 23.7 Å². The summed E-state index contributed by atoms with van der Waals surface area (Å²) in [6, 6.07) is -10.1. The average molecular weight is 1020 g/mol. The van der Waals surface area contributed by atoms with Gasteiger partial charge in [-0.3, -0.25) is 43.2 Å². The van der Waals surface area contributed by atoms with Crippen LogP contribution in [0.2, 0.25) is 0 Å². The van der Waals surface area contributed by atoms with Gasteiger partial charge in [0.1, 0.15) is 48.3 Å². The van der Waals surface area contributed by atoms with Crippen LogP contribution in [0.5, 0.6) is 0 Å². The quantitative estimate of drug-likeness (QED) is 0.0453. The molecule has 0 spiro atoms. The van der Waals surface area contributed by atoms with E-state index in [1.165, 1.54) is 0 Å². The summed E-state index contributed by atoms with van der Waals surface area (Å²) in [6.07, 6.45) is 2.74. The van der Waals surface area contributed by atoms with Crippen molar-refractivity contribution in [1.82, 2.24) is 47.9 Å². The topological polar surface area (TPSA) is 386 Å². The Morgan fingerprint density at radius 1 is 0.556 bits per heavy atom. The Balaban J connectivity index is 3.79. The first-order chi connectivity index (χ1) is 34.0. The zero-order valence-corrected chi connectivity index (χ0v) is 44.4. The monoisotopic (exact) mass is 1020 g/mol. The summed E-state index contributed by atoms with van der Waals surface area (Å²) in [5, 5.41) is 34.7. The van der Waals surface area contributed by atoms with Gasteiger partial charge in [-0.15, -0.1) is 0 Å². The SMILES string of the molecule is CCC(C)CCCCC(O)CC(=O)N[C@H](CCN)C(=O)NC1CCNC(=O)C(CC(C)C)NC(=O)[C@H](CCN)NC(=O)[C@H](CCN)NC(=O)[C@H](CC(C)C)NC(=O)[C@@H](CC(C)C)NC(=O)C(CCN)NC1=O. The minimum Gasteiger partial charge on any atom is -0.393 e. The molecule has 18 N–H and O–H groups in total. The number of nitrogens with one attached hydrogen (secondary N) is 9. The molecular weight excluding hydrogens is 931 g/mol. The predicted octanol–water partition coefficient (Wildman–Crippen LogP) is -1.72. The number of rotatable bonds is 25. The molecule has 9 amide bonds. The maximum Gasteiger partial charge on any atom is 0.243 e. The number of hydrogen-bond donors (Lipinski definition) is 14. The summed E-state index contributed by atoms with van der Waals surface area (Å²) in [6.45, 7) is 14.8. The number of hydrogen-bond acceptors (Lipinski definition) is 14. The zero-order chi connectivity index (χ0) is 54.5. The van der Waals surface area contributed by atoms with Gasteiger partial charge >= 0.3 is 0 Å². The molecule has 1 aliphatic heterocycles. The van der Waals surface area contributed by atoms with E-state index in [4.69, 9.17) is 22.9 Å². The highest BCUT2D eigenvalue weighted by molar-refractivity contribution is 5.98. The predicted molar refractivity (Wildman–Crippen MR) is 275 cm³/mol. The zero-order valence-electron chi connectivity index (χ0n) is 44.4. The van der Waals surface area contributed by atoms with Gasteiger partial charge in [0, 0.05) is 6.54 Å². The molecule has 1 fully saturated rings. The summed E-state index contributed by atoms with van der Waals surface area (Å²) in [4.78, 5) is 125. The molecule has 0 aliphatic carbocycles. The van der Waals surface area contributed by atoms with Crippen molar-refractivity contribution >= 4 is 53.2 Å². The third-order valence-electron chi connectivity index (χ3n) is 12.4. The number of nitrogens with two attached hydrogens (primary N) is 4. The van der Waals surface area contributed by atoms with Gasteiger partial charge in [-0.25, -0.2) is 0 Å². The second-order valence-corrected chi connectivity index (χ2v) is 20.5. The standard InChI is InChI=1S/C49H93N13O10/c1-9-31(8)12-10-11-13-32(63)27-41(64)55-33(14-19-50)43(66)59-37-18-23-54-42(65)38(24-28(2)3)60-45(68)35(16-21-52)56-44(67)34(15-20-51)58-48(71)39(25-29(4)5)62-49(72)40(26-30(6)7)61-46(69)36(17-22-53)57-47(37)70/h28-40,63H,9-27,50-53H2,1-8H3,(H,54,65)(H,55,64)(H,56,67)(H,57,70)(H,58,71)(H,59,66)(H,60,68)(H,61,69)(H,62,72)/t31?,32?,33-,34+,35+,36?,37?,38?,39+,40-/m1/s1. The van der Waals surface area contributed by atoms with Gasteiger partial charge in [-0.1, -0.05) is 81.1 Å². The Morgan fingerprint density at radius 2 is 0.944 bits per heavy atom. The largest absolute Gasteiger partial charge is 0.393 e. The number of aliphatic hydroxyl groups excluding tert-OH is 1. The highest BCUT2D eigenvalue weighted by Crippen LogP contribution is 2.15. The summed E-state index contributed by atoms with van der Waals surface area (Å²) in [5.74, 6) is -6.50. The molecule has 0 saturated carbocycles. The number of carbonyl (C=O) groups excluding carboxylic acids is 9. The Labute approximate surface area is 427 Å². The number of unbranched alkanes of at least 4 members (excludes halogenated alkanes) is 1. The molecule has 0 aromatic rings. The van der Waals surface area contributed by atoms with Crippen LogP contribution in [0.4, 0.5) is 0 Å². The van der Waals surface area contributed by atoms with Crippen LogP contribution in [0.1, 0.15) is 145 Å². The highest BCUT2D eigenvalue weighted by atomic mass is 16.3. The molecule has 0 aromatic carbocycles. The third-order valence-corrected chi connectivity index (χ3v) is 12.4. The van der Waals surface area contributed by atoms with Gasteiger partial charge in [0.15, 0.2) is 0 Å². The van der Waals surface area contributed by atoms with E-state index in [0.717, 1.165) is 25.7 Å². The molecule has 1 rings (SSSR count). The molecule has 0 aromatic heterocycles. The molecule has 23 heteroatoms. The van der Waals surface area contributed by atoms with E-state index >= 15 is 0 Å². The normalized spacial score (nSPS) is 23.9. The minimum atomic E-state index is -1.45. The summed E-state index contributed by atoms with van der Waals surface area (Å²) in [5.41, 5.74) is 23.5. The van der Waals surface area contributed by atoms with E-state index in [1.807, 2.05) is 41.5 Å². The molecule has 10 atom stereocenters. The van der Waals surface area contributed by atoms with Gasteiger partial charge in [0.25, 0.3) is 0 Å². The first-order valence-corrected chi connectivity index (χ1v) is 26.2. The third kappa shape index (κ3) is 25.6. The van der Waals surface area contributed by atoms with Crippen LogP contribution in [-0.4, -0.2) is 145 Å². The van der Waals surface area contributed by atoms with Gasteiger partial charge < -0.3 is 75.9 Å². The fourth-order valence-electron chi connectivity index (χ4n) is 8.13. The first-order valence-electron chi connectivity index (χ1n) is 26.2. The summed E-state index contributed by atoms with van der Waals surface area (Å²) < 4.78 is 0. The van der Waals surface area contributed by atoms with E-state index in [-0.39, 0.29) is 108 Å². The minimum absolute atomic E-state index is 0.0355. The van der Waals surface area contributed by atoms with Gasteiger partial charge in [-0.2, -0.15) is 0 Å². The van der Waals surface area contributed by atoms with Crippen molar-refractivity contribution in [3.8, 4) is 0 Å². The molecule has 72 heavy (non-hydrogen) atoms. The van der Waals surface area contributed by atoms with E-state index in [2.05, 4.69) is 61.7 Å². The smallest absolute Gasteiger partial charge is 0.243 e. The van der Waals surface area contributed by atoms with Crippen LogP contribution >= 0.6 is 0 Å². The molecule has 23 nitrogen and oxygen atoms in total. The van der Waals surface area contributed by atoms with Crippen molar-refractivity contribution in [3.05, 3.63) is 0 Å². The van der Waals surface area contributed by atoms with Crippen molar-refractivity contribution in [2.75, 3.05) is 32.7 Å². The lowest BCUT2D eigenvalue weighted by atomic mass is 9.99. The maximum atomic E-state index is 14.3. The van der Waals surface area contributed by atoms with Crippen molar-refractivity contribution in [1.29, 1.82) is 0 Å². The molecular formula is C49H93N13O10. The van der Waals surface area contributed by atoms with Gasteiger partial charge in [0.2, 0.25) is 53.2 Å². The molecule has 0 radical (unpaired) electrons. The van der Waals surface area contributed by atoms with Crippen molar-refractivity contribution in [3.63, 3.8) is 0 Å². The Bertz CT molecular complexity index is 1720. The Morgan fingerprint density at radius 3 is 1.35 bits per heavy atom. The van der Waals surface area contributed by atoms with E-state index in [0.29, 0.717) is 12.3 Å². The maximum absolute atomic E-state index is 14.3. The summed E-state index contributed by atoms with van der Waals surface area (Å²) in [7, 11) is 0. The van der Waals surface area contributed by atoms with Crippen molar-refractivity contribution in [2.45, 2.75) is 200 Å². The molecule has 5 unspecified atom stereocenters. The molecule has 1 heterocycles. The lowest BCUT2D eigenvalue weighted by Crippen LogP contribution is -2.60.